The van der Waals surface area contributed by atoms with Crippen LogP contribution in [-0.4, -0.2) is 23.3 Å². The molecule has 1 aliphatic heterocycles. The number of benzene rings is 2. The van der Waals surface area contributed by atoms with Crippen LogP contribution >= 0.6 is 11.3 Å². The van der Waals surface area contributed by atoms with Gasteiger partial charge in [0, 0.05) is 17.0 Å². The van der Waals surface area contributed by atoms with Crippen LogP contribution in [0.2, 0.25) is 0 Å². The van der Waals surface area contributed by atoms with Crippen molar-refractivity contribution in [3.8, 4) is 0 Å². The highest BCUT2D eigenvalue weighted by Gasteiger charge is 2.50. The van der Waals surface area contributed by atoms with E-state index >= 15 is 0 Å². The normalized spacial score (nSPS) is 18.4. The van der Waals surface area contributed by atoms with Crippen molar-refractivity contribution < 1.29 is 14.7 Å². The molecule has 146 valence electrons. The number of fused-ring (bicyclic) bond motifs is 1. The van der Waals surface area contributed by atoms with Crippen LogP contribution in [-0.2, 0) is 10.4 Å². The molecule has 0 saturated carbocycles. The number of anilines is 1. The summed E-state index contributed by atoms with van der Waals surface area (Å²) in [5.41, 5.74) is 0.324. The van der Waals surface area contributed by atoms with Gasteiger partial charge in [-0.15, -0.1) is 11.3 Å². The third kappa shape index (κ3) is 3.67. The Morgan fingerprint density at radius 1 is 1.07 bits per heavy atom. The number of carbonyl (C=O) groups excluding carboxylic acids is 2. The fraction of sp³-hybridized carbons (Fsp3) is 0.167. The first-order chi connectivity index (χ1) is 14.0. The van der Waals surface area contributed by atoms with Gasteiger partial charge in [0.25, 0.3) is 5.91 Å². The summed E-state index contributed by atoms with van der Waals surface area (Å²) in [6.07, 6.45) is 3.56. The van der Waals surface area contributed by atoms with Crippen molar-refractivity contribution in [3.05, 3.63) is 93.7 Å². The van der Waals surface area contributed by atoms with E-state index in [-0.39, 0.29) is 12.2 Å². The number of carbonyl (C=O) groups is 2. The van der Waals surface area contributed by atoms with Crippen molar-refractivity contribution in [2.45, 2.75) is 18.9 Å². The third-order valence-electron chi connectivity index (χ3n) is 5.07. The number of thiophene rings is 1. The van der Waals surface area contributed by atoms with Gasteiger partial charge in [-0.1, -0.05) is 60.7 Å². The molecule has 0 radical (unpaired) electrons. The predicted molar refractivity (Wildman–Crippen MR) is 116 cm³/mol. The monoisotopic (exact) mass is 403 g/mol. The summed E-state index contributed by atoms with van der Waals surface area (Å²) in [6.45, 7) is 2.24. The second-order valence-corrected chi connectivity index (χ2v) is 8.40. The highest BCUT2D eigenvalue weighted by Crippen LogP contribution is 2.43. The van der Waals surface area contributed by atoms with Gasteiger partial charge in [-0.25, -0.2) is 0 Å². The topological polar surface area (TPSA) is 57.6 Å². The minimum atomic E-state index is -1.84. The van der Waals surface area contributed by atoms with E-state index in [4.69, 9.17) is 0 Å². The number of amides is 1. The molecule has 1 amide bonds. The Hall–Kier alpha value is -3.02. The molecular weight excluding hydrogens is 382 g/mol. The molecule has 0 bridgehead atoms. The molecule has 4 rings (SSSR count). The largest absolute Gasteiger partial charge is 0.375 e. The lowest BCUT2D eigenvalue weighted by Crippen LogP contribution is -2.41. The van der Waals surface area contributed by atoms with E-state index in [1.54, 1.807) is 29.2 Å². The maximum Gasteiger partial charge on any atom is 0.264 e. The SMILES string of the molecule is Cc1ccc(C(=O)CC2(O)C(=O)N(CC=Cc3ccccc3)c3ccccc32)s1. The quantitative estimate of drug-likeness (QED) is 0.613. The Bertz CT molecular complexity index is 1090. The molecule has 0 aliphatic carbocycles. The first-order valence-corrected chi connectivity index (χ1v) is 10.3. The summed E-state index contributed by atoms with van der Waals surface area (Å²) in [5, 5.41) is 11.3. The van der Waals surface area contributed by atoms with E-state index in [9.17, 15) is 14.7 Å². The minimum Gasteiger partial charge on any atom is -0.375 e. The van der Waals surface area contributed by atoms with Crippen LogP contribution in [0.1, 0.15) is 32.1 Å². The van der Waals surface area contributed by atoms with Gasteiger partial charge in [-0.2, -0.15) is 0 Å². The van der Waals surface area contributed by atoms with Gasteiger partial charge >= 0.3 is 0 Å². The number of ketones is 1. The lowest BCUT2D eigenvalue weighted by molar-refractivity contribution is -0.135. The molecule has 0 saturated heterocycles. The standard InChI is InChI=1S/C24H21NO3S/c1-17-13-14-22(29-17)21(26)16-24(28)19-11-5-6-12-20(19)25(23(24)27)15-7-10-18-8-3-2-4-9-18/h2-14,28H,15-16H2,1H3. The molecule has 1 aromatic heterocycles. The fourth-order valence-corrected chi connectivity index (χ4v) is 4.43. The van der Waals surface area contributed by atoms with Gasteiger partial charge in [0.1, 0.15) is 0 Å². The summed E-state index contributed by atoms with van der Waals surface area (Å²) in [5.74, 6) is -0.687. The maximum atomic E-state index is 13.2. The lowest BCUT2D eigenvalue weighted by Gasteiger charge is -2.22. The van der Waals surface area contributed by atoms with Crippen LogP contribution in [0, 0.1) is 6.92 Å². The highest BCUT2D eigenvalue weighted by atomic mass is 32.1. The van der Waals surface area contributed by atoms with Crippen LogP contribution in [0.25, 0.3) is 6.08 Å². The van der Waals surface area contributed by atoms with E-state index in [2.05, 4.69) is 0 Å². The van der Waals surface area contributed by atoms with Crippen LogP contribution in [0.5, 0.6) is 0 Å². The van der Waals surface area contributed by atoms with Gasteiger partial charge in [0.05, 0.1) is 17.0 Å². The third-order valence-corrected chi connectivity index (χ3v) is 6.11. The maximum absolute atomic E-state index is 13.2. The summed E-state index contributed by atoms with van der Waals surface area (Å²) >= 11 is 1.38. The Morgan fingerprint density at radius 2 is 1.79 bits per heavy atom. The molecular formula is C24H21NO3S. The zero-order chi connectivity index (χ0) is 20.4. The van der Waals surface area contributed by atoms with Crippen LogP contribution in [0.15, 0.2) is 72.8 Å². The average molecular weight is 404 g/mol. The molecule has 0 fully saturated rings. The van der Waals surface area contributed by atoms with Gasteiger partial charge in [0.15, 0.2) is 11.4 Å². The lowest BCUT2D eigenvalue weighted by atomic mass is 9.89. The van der Waals surface area contributed by atoms with Crippen LogP contribution in [0.4, 0.5) is 5.69 Å². The molecule has 1 unspecified atom stereocenters. The van der Waals surface area contributed by atoms with Gasteiger partial charge < -0.3 is 10.0 Å². The van der Waals surface area contributed by atoms with Gasteiger partial charge in [0.2, 0.25) is 0 Å². The number of rotatable bonds is 6. The highest BCUT2D eigenvalue weighted by molar-refractivity contribution is 7.14. The van der Waals surface area contributed by atoms with Crippen molar-refractivity contribution in [3.63, 3.8) is 0 Å². The zero-order valence-corrected chi connectivity index (χ0v) is 16.9. The number of Topliss-reactive ketones (excluding diaryl/α,β-unsaturated/α-hetero) is 1. The first-order valence-electron chi connectivity index (χ1n) is 9.44. The molecule has 29 heavy (non-hydrogen) atoms. The molecule has 1 aliphatic rings. The molecule has 2 aromatic carbocycles. The molecule has 0 spiro atoms. The average Bonchev–Trinajstić information content (AvgIpc) is 3.25. The summed E-state index contributed by atoms with van der Waals surface area (Å²) in [7, 11) is 0. The molecule has 3 aromatic rings. The Balaban J connectivity index is 1.60. The van der Waals surface area contributed by atoms with Crippen molar-refractivity contribution >= 4 is 34.8 Å². The Kier molecular flexibility index (Phi) is 5.18. The van der Waals surface area contributed by atoms with Crippen LogP contribution in [0.3, 0.4) is 0 Å². The van der Waals surface area contributed by atoms with E-state index in [1.165, 1.54) is 11.3 Å². The number of aryl methyl sites for hydroxylation is 1. The minimum absolute atomic E-state index is 0.226. The van der Waals surface area contributed by atoms with E-state index < -0.39 is 11.5 Å². The van der Waals surface area contributed by atoms with Crippen molar-refractivity contribution in [2.75, 3.05) is 11.4 Å². The Morgan fingerprint density at radius 3 is 2.52 bits per heavy atom. The Labute approximate surface area is 173 Å². The van der Waals surface area contributed by atoms with Crippen molar-refractivity contribution in [2.24, 2.45) is 0 Å². The number of hydrogen-bond donors (Lipinski definition) is 1. The van der Waals surface area contributed by atoms with Gasteiger partial charge in [-0.05, 0) is 30.7 Å². The summed E-state index contributed by atoms with van der Waals surface area (Å²) < 4.78 is 0. The van der Waals surface area contributed by atoms with Crippen LogP contribution < -0.4 is 4.90 Å². The number of hydrogen-bond acceptors (Lipinski definition) is 4. The zero-order valence-electron chi connectivity index (χ0n) is 16.0. The van der Waals surface area contributed by atoms with Crippen molar-refractivity contribution in [1.29, 1.82) is 0 Å². The summed E-state index contributed by atoms with van der Waals surface area (Å²) in [4.78, 5) is 29.1. The second-order valence-electron chi connectivity index (χ2n) is 7.12. The molecule has 2 heterocycles. The second kappa shape index (κ2) is 7.78. The number of aliphatic hydroxyl groups is 1. The van der Waals surface area contributed by atoms with E-state index in [0.717, 1.165) is 10.4 Å². The van der Waals surface area contributed by atoms with Crippen molar-refractivity contribution in [1.82, 2.24) is 0 Å². The summed E-state index contributed by atoms with van der Waals surface area (Å²) in [6, 6.07) is 20.6. The molecule has 1 N–H and O–H groups in total. The van der Waals surface area contributed by atoms with E-state index in [0.29, 0.717) is 22.7 Å². The smallest absolute Gasteiger partial charge is 0.264 e. The first kappa shape index (κ1) is 19.3. The number of para-hydroxylation sites is 1. The van der Waals surface area contributed by atoms with E-state index in [1.807, 2.05) is 61.5 Å². The van der Waals surface area contributed by atoms with Gasteiger partial charge in [-0.3, -0.25) is 9.59 Å². The fourth-order valence-electron chi connectivity index (χ4n) is 3.62. The predicted octanol–water partition coefficient (Wildman–Crippen LogP) is 4.58. The molecule has 5 heteroatoms. The molecule has 4 nitrogen and oxygen atoms in total. The number of nitrogens with zero attached hydrogens (tertiary/aromatic N) is 1. The molecule has 1 atom stereocenters.